The molecule has 248 valence electrons. The maximum Gasteiger partial charge on any atom is 0.411 e. The lowest BCUT2D eigenvalue weighted by Crippen LogP contribution is -2.68. The first-order valence-corrected chi connectivity index (χ1v) is 14.5. The predicted molar refractivity (Wildman–Crippen MR) is 152 cm³/mol. The fraction of sp³-hybridized carbons (Fsp3) is 0.741. The number of nitro benzene ring substituents is 1. The predicted octanol–water partition coefficient (Wildman–Crippen LogP) is -1.80. The van der Waals surface area contributed by atoms with Crippen molar-refractivity contribution in [3.63, 3.8) is 0 Å². The third-order valence-corrected chi connectivity index (χ3v) is 8.40. The van der Waals surface area contributed by atoms with Crippen molar-refractivity contribution < 1.29 is 48.7 Å². The summed E-state index contributed by atoms with van der Waals surface area (Å²) in [6.07, 6.45) is -7.43. The lowest BCUT2D eigenvalue weighted by molar-refractivity contribution is -0.384. The Hall–Kier alpha value is -2.55. The number of hydrogen-bond acceptors (Lipinski definition) is 15. The molecule has 12 atom stereocenters. The van der Waals surface area contributed by atoms with Gasteiger partial charge in [-0.3, -0.25) is 15.0 Å². The summed E-state index contributed by atoms with van der Waals surface area (Å²) in [5.41, 5.74) is 18.0. The summed E-state index contributed by atoms with van der Waals surface area (Å²) < 4.78 is 29.0. The molecule has 1 amide bonds. The molecule has 0 unspecified atom stereocenters. The molecule has 2 saturated heterocycles. The molecule has 1 aliphatic carbocycles. The van der Waals surface area contributed by atoms with Gasteiger partial charge in [-0.15, -0.1) is 0 Å². The Morgan fingerprint density at radius 3 is 2.30 bits per heavy atom. The molecule has 17 heteroatoms. The number of rotatable bonds is 9. The zero-order chi connectivity index (χ0) is 32.3. The topological polar surface area (TPSA) is 260 Å². The summed E-state index contributed by atoms with van der Waals surface area (Å²) >= 11 is 0. The lowest BCUT2D eigenvalue weighted by Gasteiger charge is -2.48. The number of hydrogen-bond donors (Lipinski definition) is 7. The zero-order valence-corrected chi connectivity index (χ0v) is 24.9. The molecule has 0 aromatic heterocycles. The van der Waals surface area contributed by atoms with Crippen molar-refractivity contribution in [1.29, 1.82) is 0 Å². The van der Waals surface area contributed by atoms with Crippen LogP contribution in [0.15, 0.2) is 24.3 Å². The fourth-order valence-corrected chi connectivity index (χ4v) is 5.81. The number of likely N-dealkylation sites (N-methyl/N-ethyl adjacent to an activating group) is 1. The Morgan fingerprint density at radius 1 is 1.09 bits per heavy atom. The van der Waals surface area contributed by atoms with Crippen molar-refractivity contribution in [2.45, 2.75) is 106 Å². The van der Waals surface area contributed by atoms with Crippen LogP contribution in [0.25, 0.3) is 0 Å². The Morgan fingerprint density at radius 2 is 1.70 bits per heavy atom. The molecule has 1 aromatic carbocycles. The monoisotopic (exact) mass is 628 g/mol. The summed E-state index contributed by atoms with van der Waals surface area (Å²) in [6.45, 7) is 1.28. The smallest absolute Gasteiger partial charge is 0.411 e. The van der Waals surface area contributed by atoms with Crippen LogP contribution in [0.2, 0.25) is 0 Å². The Kier molecular flexibility index (Phi) is 11.1. The summed E-state index contributed by atoms with van der Waals surface area (Å²) in [6, 6.07) is 2.82. The Balaban J connectivity index is 1.36. The second-order valence-electron chi connectivity index (χ2n) is 11.8. The van der Waals surface area contributed by atoms with Crippen molar-refractivity contribution in [2.24, 2.45) is 17.2 Å². The molecule has 1 aromatic rings. The molecule has 2 heterocycles. The summed E-state index contributed by atoms with van der Waals surface area (Å²) in [5, 5.41) is 46.3. The molecule has 4 rings (SSSR count). The van der Waals surface area contributed by atoms with E-state index in [1.807, 2.05) is 0 Å². The highest BCUT2D eigenvalue weighted by Gasteiger charge is 2.51. The molecular formula is C27H44N6O11. The Labute approximate surface area is 254 Å². The molecule has 3 fully saturated rings. The second kappa shape index (κ2) is 14.3. The van der Waals surface area contributed by atoms with Crippen LogP contribution in [0.4, 0.5) is 10.5 Å². The van der Waals surface area contributed by atoms with E-state index in [1.54, 1.807) is 7.05 Å². The minimum Gasteiger partial charge on any atom is -0.444 e. The van der Waals surface area contributed by atoms with Crippen molar-refractivity contribution in [2.75, 3.05) is 20.7 Å². The van der Waals surface area contributed by atoms with Crippen LogP contribution in [0.3, 0.4) is 0 Å². The van der Waals surface area contributed by atoms with E-state index in [-0.39, 0.29) is 25.3 Å². The minimum absolute atomic E-state index is 0.0746. The number of nitrogens with two attached hydrogens (primary N) is 3. The maximum absolute atomic E-state index is 12.8. The average molecular weight is 629 g/mol. The van der Waals surface area contributed by atoms with Crippen LogP contribution in [0.1, 0.15) is 31.7 Å². The quantitative estimate of drug-likeness (QED) is 0.117. The van der Waals surface area contributed by atoms with Crippen LogP contribution >= 0.6 is 0 Å². The van der Waals surface area contributed by atoms with Gasteiger partial charge in [-0.25, -0.2) is 4.79 Å². The van der Waals surface area contributed by atoms with E-state index >= 15 is 0 Å². The van der Waals surface area contributed by atoms with E-state index in [4.69, 9.17) is 40.9 Å². The zero-order valence-electron chi connectivity index (χ0n) is 24.9. The molecular weight excluding hydrogens is 584 g/mol. The summed E-state index contributed by atoms with van der Waals surface area (Å²) in [4.78, 5) is 24.3. The number of nitro groups is 1. The highest BCUT2D eigenvalue weighted by molar-refractivity contribution is 5.67. The highest BCUT2D eigenvalue weighted by atomic mass is 16.7. The number of carbonyl (C=O) groups excluding carboxylic acids is 1. The maximum atomic E-state index is 12.8. The number of aliphatic hydroxyl groups is 3. The largest absolute Gasteiger partial charge is 0.444 e. The van der Waals surface area contributed by atoms with Gasteiger partial charge in [0, 0.05) is 31.3 Å². The number of benzene rings is 1. The first kappa shape index (κ1) is 34.3. The number of aliphatic hydroxyl groups excluding tert-OH is 2. The first-order valence-electron chi connectivity index (χ1n) is 14.5. The number of nitrogens with one attached hydrogen (secondary N) is 1. The average Bonchev–Trinajstić information content (AvgIpc) is 2.97. The van der Waals surface area contributed by atoms with Gasteiger partial charge in [0.25, 0.3) is 5.69 Å². The number of nitrogens with zero attached hydrogens (tertiary/aromatic N) is 2. The second-order valence-corrected chi connectivity index (χ2v) is 11.8. The van der Waals surface area contributed by atoms with E-state index in [0.717, 1.165) is 0 Å². The highest BCUT2D eigenvalue weighted by Crippen LogP contribution is 2.32. The van der Waals surface area contributed by atoms with E-state index < -0.39 is 84.0 Å². The van der Waals surface area contributed by atoms with Gasteiger partial charge in [-0.05, 0) is 50.9 Å². The van der Waals surface area contributed by atoms with Crippen molar-refractivity contribution >= 4 is 11.8 Å². The lowest BCUT2D eigenvalue weighted by atomic mass is 9.84. The SMILES string of the molecule is CN[C@@H]1[C@@H](O)[C@@H](O[C@@H]2[C@@H](O)[C@H](O[C@@H]3O[C@H](N(C)C(=O)OCc4ccc([N+](=O)[O-])cc4)CC[C@H]3N)[C@@H](N)C[C@H]2N)OC[C@]1(C)O. The van der Waals surface area contributed by atoms with Gasteiger partial charge in [0.05, 0.1) is 23.6 Å². The van der Waals surface area contributed by atoms with Gasteiger partial charge in [-0.2, -0.15) is 0 Å². The van der Waals surface area contributed by atoms with Crippen LogP contribution < -0.4 is 22.5 Å². The molecule has 3 aliphatic rings. The van der Waals surface area contributed by atoms with Gasteiger partial charge in [0.1, 0.15) is 42.9 Å². The molecule has 0 spiro atoms. The number of ether oxygens (including phenoxy) is 5. The third-order valence-electron chi connectivity index (χ3n) is 8.40. The summed E-state index contributed by atoms with van der Waals surface area (Å²) in [7, 11) is 3.08. The standard InChI is InChI=1S/C27H44N6O11/c1-27(37)12-41-25(20(35)23(27)31-2)44-22-17(30)10-16(29)21(19(22)34)43-24-15(28)8-9-18(42-24)32(3)26(36)40-11-13-4-6-14(7-5-13)33(38)39/h4-7,15-25,31,34-35,37H,8-12,28-30H2,1-3H3/t15-,16+,17-,18+,19+,20-,21-,22+,23-,24+,25-,27+/m1/s1. The van der Waals surface area contributed by atoms with E-state index in [1.165, 1.54) is 43.1 Å². The van der Waals surface area contributed by atoms with Crippen molar-refractivity contribution in [3.05, 3.63) is 39.9 Å². The Bertz CT molecular complexity index is 1130. The van der Waals surface area contributed by atoms with Crippen molar-refractivity contribution in [1.82, 2.24) is 10.2 Å². The van der Waals surface area contributed by atoms with Crippen LogP contribution in [-0.2, 0) is 30.3 Å². The molecule has 2 aliphatic heterocycles. The van der Waals surface area contributed by atoms with E-state index in [0.29, 0.717) is 18.4 Å². The van der Waals surface area contributed by atoms with Crippen LogP contribution in [-0.4, -0.2) is 125 Å². The molecule has 1 saturated carbocycles. The third kappa shape index (κ3) is 7.63. The normalized spacial score (nSPS) is 39.4. The van der Waals surface area contributed by atoms with Gasteiger partial charge >= 0.3 is 6.09 Å². The van der Waals surface area contributed by atoms with Gasteiger partial charge in [0.2, 0.25) is 0 Å². The fourth-order valence-electron chi connectivity index (χ4n) is 5.81. The molecule has 0 bridgehead atoms. The van der Waals surface area contributed by atoms with E-state index in [9.17, 15) is 30.2 Å². The van der Waals surface area contributed by atoms with Crippen LogP contribution in [0.5, 0.6) is 0 Å². The van der Waals surface area contributed by atoms with E-state index in [2.05, 4.69) is 5.32 Å². The number of non-ortho nitro benzene ring substituents is 1. The van der Waals surface area contributed by atoms with Crippen molar-refractivity contribution in [3.8, 4) is 0 Å². The van der Waals surface area contributed by atoms with Crippen LogP contribution in [0, 0.1) is 10.1 Å². The molecule has 10 N–H and O–H groups in total. The number of amides is 1. The van der Waals surface area contributed by atoms with Gasteiger partial charge in [-0.1, -0.05) is 0 Å². The molecule has 17 nitrogen and oxygen atoms in total. The summed E-state index contributed by atoms with van der Waals surface area (Å²) in [5.74, 6) is 0. The molecule has 44 heavy (non-hydrogen) atoms. The minimum atomic E-state index is -1.36. The molecule has 0 radical (unpaired) electrons. The first-order chi connectivity index (χ1) is 20.7. The van der Waals surface area contributed by atoms with Gasteiger partial charge < -0.3 is 61.5 Å². The number of carbonyl (C=O) groups is 1. The van der Waals surface area contributed by atoms with Gasteiger partial charge in [0.15, 0.2) is 12.6 Å².